The number of esters is 1. The van der Waals surface area contributed by atoms with E-state index in [0.717, 1.165) is 17.6 Å². The average Bonchev–Trinajstić information content (AvgIpc) is 2.96. The second-order valence-corrected chi connectivity index (χ2v) is 9.74. The minimum Gasteiger partial charge on any atom is -0.465 e. The molecule has 0 amide bonds. The third-order valence-corrected chi connectivity index (χ3v) is 7.42. The van der Waals surface area contributed by atoms with Gasteiger partial charge in [-0.2, -0.15) is 0 Å². The standard InChI is InChI=1S/C12H18N2O6S3/c1-20-12(15)11-10(5-8-21-11)23(18,19)13-9-3-6-14(7-4-9)22(2,16)17/h5,8-9,13H,3-4,6-7H2,1-2H3. The number of hydrogen-bond donors (Lipinski definition) is 1. The van der Waals surface area contributed by atoms with Crippen LogP contribution in [0.3, 0.4) is 0 Å². The van der Waals surface area contributed by atoms with Gasteiger partial charge in [0.15, 0.2) is 0 Å². The second kappa shape index (κ2) is 6.85. The molecule has 1 fully saturated rings. The molecule has 1 saturated heterocycles. The Kier molecular flexibility index (Phi) is 5.46. The van der Waals surface area contributed by atoms with Crippen molar-refractivity contribution in [2.45, 2.75) is 23.8 Å². The van der Waals surface area contributed by atoms with Crippen molar-refractivity contribution in [2.75, 3.05) is 26.5 Å². The summed E-state index contributed by atoms with van der Waals surface area (Å²) in [6, 6.07) is 0.980. The molecule has 1 aromatic rings. The lowest BCUT2D eigenvalue weighted by Crippen LogP contribution is -2.46. The Hall–Kier alpha value is -1.01. The van der Waals surface area contributed by atoms with Crippen LogP contribution in [0.25, 0.3) is 0 Å². The third-order valence-electron chi connectivity index (χ3n) is 3.53. The van der Waals surface area contributed by atoms with E-state index in [1.807, 2.05) is 0 Å². The fourth-order valence-corrected chi connectivity index (χ4v) is 5.85. The summed E-state index contributed by atoms with van der Waals surface area (Å²) in [5, 5.41) is 1.51. The molecule has 8 nitrogen and oxygen atoms in total. The Bertz CT molecular complexity index is 775. The number of rotatable bonds is 5. The van der Waals surface area contributed by atoms with Crippen molar-refractivity contribution in [3.8, 4) is 0 Å². The van der Waals surface area contributed by atoms with Crippen LogP contribution >= 0.6 is 11.3 Å². The van der Waals surface area contributed by atoms with Gasteiger partial charge in [0.1, 0.15) is 9.77 Å². The average molecular weight is 382 g/mol. The lowest BCUT2D eigenvalue weighted by molar-refractivity contribution is 0.0602. The molecule has 0 bridgehead atoms. The van der Waals surface area contributed by atoms with Gasteiger partial charge in [-0.3, -0.25) is 0 Å². The van der Waals surface area contributed by atoms with Crippen LogP contribution in [0.4, 0.5) is 0 Å². The Morgan fingerprint density at radius 3 is 2.43 bits per heavy atom. The zero-order chi connectivity index (χ0) is 17.3. The van der Waals surface area contributed by atoms with Gasteiger partial charge in [-0.1, -0.05) is 0 Å². The minimum atomic E-state index is -3.86. The molecule has 0 atom stereocenters. The minimum absolute atomic E-state index is 0.0218. The molecule has 2 heterocycles. The number of hydrogen-bond acceptors (Lipinski definition) is 7. The maximum atomic E-state index is 12.4. The molecule has 0 spiro atoms. The fraction of sp³-hybridized carbons (Fsp3) is 0.583. The molecule has 0 saturated carbocycles. The van der Waals surface area contributed by atoms with Crippen LogP contribution in [0, 0.1) is 0 Å². The topological polar surface area (TPSA) is 110 Å². The largest absolute Gasteiger partial charge is 0.465 e. The number of thiophene rings is 1. The highest BCUT2D eigenvalue weighted by atomic mass is 32.2. The van der Waals surface area contributed by atoms with Gasteiger partial charge < -0.3 is 4.74 Å². The fourth-order valence-electron chi connectivity index (χ4n) is 2.34. The molecule has 0 radical (unpaired) electrons. The maximum absolute atomic E-state index is 12.4. The highest BCUT2D eigenvalue weighted by Gasteiger charge is 2.30. The van der Waals surface area contributed by atoms with Gasteiger partial charge in [0.25, 0.3) is 0 Å². The summed E-state index contributed by atoms with van der Waals surface area (Å²) in [7, 11) is -5.94. The molecule has 1 aliphatic heterocycles. The smallest absolute Gasteiger partial charge is 0.349 e. The first-order valence-corrected chi connectivity index (χ1v) is 11.0. The summed E-state index contributed by atoms with van der Waals surface area (Å²) >= 11 is 0.994. The van der Waals surface area contributed by atoms with Crippen LogP contribution in [0.2, 0.25) is 0 Å². The zero-order valence-corrected chi connectivity index (χ0v) is 15.1. The molecular weight excluding hydrogens is 364 g/mol. The van der Waals surface area contributed by atoms with Crippen LogP contribution in [0.15, 0.2) is 16.3 Å². The first-order chi connectivity index (χ1) is 10.6. The van der Waals surface area contributed by atoms with Gasteiger partial charge in [0, 0.05) is 19.1 Å². The molecule has 11 heteroatoms. The molecule has 1 aromatic heterocycles. The van der Waals surface area contributed by atoms with Crippen molar-refractivity contribution in [3.05, 3.63) is 16.3 Å². The first-order valence-electron chi connectivity index (χ1n) is 6.78. The Morgan fingerprint density at radius 1 is 1.30 bits per heavy atom. The van der Waals surface area contributed by atoms with E-state index in [2.05, 4.69) is 9.46 Å². The van der Waals surface area contributed by atoms with Crippen LogP contribution < -0.4 is 4.72 Å². The van der Waals surface area contributed by atoms with E-state index in [9.17, 15) is 21.6 Å². The summed E-state index contributed by atoms with van der Waals surface area (Å²) < 4.78 is 56.2. The van der Waals surface area contributed by atoms with Crippen molar-refractivity contribution in [1.29, 1.82) is 0 Å². The predicted molar refractivity (Wildman–Crippen MR) is 85.4 cm³/mol. The van der Waals surface area contributed by atoms with Crippen LogP contribution in [0.5, 0.6) is 0 Å². The van der Waals surface area contributed by atoms with E-state index in [4.69, 9.17) is 0 Å². The molecule has 0 aromatic carbocycles. The summed E-state index contributed by atoms with van der Waals surface area (Å²) in [5.74, 6) is -0.702. The van der Waals surface area contributed by atoms with E-state index in [0.29, 0.717) is 12.8 Å². The Balaban J connectivity index is 2.09. The van der Waals surface area contributed by atoms with Crippen molar-refractivity contribution < 1.29 is 26.4 Å². The number of piperidine rings is 1. The van der Waals surface area contributed by atoms with Gasteiger partial charge in [0.2, 0.25) is 20.0 Å². The normalized spacial score (nSPS) is 18.0. The molecule has 0 aliphatic carbocycles. The number of carbonyl (C=O) groups is 1. The van der Waals surface area contributed by atoms with Gasteiger partial charge >= 0.3 is 5.97 Å². The third kappa shape index (κ3) is 4.29. The predicted octanol–water partition coefficient (Wildman–Crippen LogP) is 0.237. The molecule has 130 valence electrons. The first kappa shape index (κ1) is 18.3. The monoisotopic (exact) mass is 382 g/mol. The van der Waals surface area contributed by atoms with E-state index < -0.39 is 26.0 Å². The van der Waals surface area contributed by atoms with Gasteiger partial charge in [-0.15, -0.1) is 11.3 Å². The van der Waals surface area contributed by atoms with Crippen LogP contribution in [0.1, 0.15) is 22.5 Å². The zero-order valence-electron chi connectivity index (χ0n) is 12.7. The molecular formula is C12H18N2O6S3. The number of nitrogens with one attached hydrogen (secondary N) is 1. The molecule has 2 rings (SSSR count). The SMILES string of the molecule is COC(=O)c1sccc1S(=O)(=O)NC1CCN(S(C)(=O)=O)CC1. The van der Waals surface area contributed by atoms with E-state index in [-0.39, 0.29) is 28.9 Å². The lowest BCUT2D eigenvalue weighted by Gasteiger charge is -2.30. The second-order valence-electron chi connectivity index (χ2n) is 5.16. The number of nitrogens with zero attached hydrogens (tertiary/aromatic N) is 1. The summed E-state index contributed by atoms with van der Waals surface area (Å²) in [4.78, 5) is 11.5. The Labute approximate surface area is 139 Å². The summed E-state index contributed by atoms with van der Waals surface area (Å²) in [6.07, 6.45) is 1.89. The Morgan fingerprint density at radius 2 is 1.91 bits per heavy atom. The van der Waals surface area contributed by atoms with Gasteiger partial charge in [-0.25, -0.2) is 30.7 Å². The maximum Gasteiger partial charge on any atom is 0.349 e. The van der Waals surface area contributed by atoms with Crippen LogP contribution in [-0.4, -0.2) is 59.6 Å². The van der Waals surface area contributed by atoms with Crippen LogP contribution in [-0.2, 0) is 24.8 Å². The quantitative estimate of drug-likeness (QED) is 0.731. The molecule has 0 unspecified atom stereocenters. The van der Waals surface area contributed by atoms with Crippen molar-refractivity contribution in [3.63, 3.8) is 0 Å². The molecule has 23 heavy (non-hydrogen) atoms. The van der Waals surface area contributed by atoms with Crippen molar-refractivity contribution in [1.82, 2.24) is 9.03 Å². The van der Waals surface area contributed by atoms with E-state index >= 15 is 0 Å². The van der Waals surface area contributed by atoms with Crippen molar-refractivity contribution >= 4 is 37.4 Å². The number of sulfonamides is 2. The number of methoxy groups -OCH3 is 1. The summed E-state index contributed by atoms with van der Waals surface area (Å²) in [5.41, 5.74) is 0. The highest BCUT2D eigenvalue weighted by molar-refractivity contribution is 7.89. The molecule has 1 aliphatic rings. The van der Waals surface area contributed by atoms with E-state index in [1.165, 1.54) is 22.9 Å². The van der Waals surface area contributed by atoms with Gasteiger partial charge in [0.05, 0.1) is 13.4 Å². The number of carbonyl (C=O) groups excluding carboxylic acids is 1. The summed E-state index contributed by atoms with van der Waals surface area (Å²) in [6.45, 7) is 0.527. The van der Waals surface area contributed by atoms with Crippen molar-refractivity contribution in [2.24, 2.45) is 0 Å². The number of ether oxygens (including phenoxy) is 1. The van der Waals surface area contributed by atoms with E-state index in [1.54, 1.807) is 0 Å². The lowest BCUT2D eigenvalue weighted by atomic mass is 10.1. The van der Waals surface area contributed by atoms with Gasteiger partial charge in [-0.05, 0) is 24.3 Å². The molecule has 1 N–H and O–H groups in total. The highest BCUT2D eigenvalue weighted by Crippen LogP contribution is 2.24.